The van der Waals surface area contributed by atoms with Gasteiger partial charge in [0.2, 0.25) is 0 Å². The molecule has 1 saturated heterocycles. The van der Waals surface area contributed by atoms with Gasteiger partial charge in [-0.2, -0.15) is 23.4 Å². The number of aliphatic hydroxyl groups excluding tert-OH is 1. The molecule has 5 nitrogen and oxygen atoms in total. The third-order valence-corrected chi connectivity index (χ3v) is 5.19. The van der Waals surface area contributed by atoms with Crippen LogP contribution in [0.2, 0.25) is 0 Å². The molecule has 1 unspecified atom stereocenters. The lowest BCUT2D eigenvalue weighted by Crippen LogP contribution is -2.63. The van der Waals surface area contributed by atoms with E-state index >= 15 is 0 Å². The van der Waals surface area contributed by atoms with E-state index in [1.807, 2.05) is 4.90 Å². The van der Waals surface area contributed by atoms with Crippen LogP contribution in [-0.2, 0) is 6.18 Å². The van der Waals surface area contributed by atoms with Crippen molar-refractivity contribution in [1.82, 2.24) is 15.2 Å². The highest BCUT2D eigenvalue weighted by Crippen LogP contribution is 2.56. The summed E-state index contributed by atoms with van der Waals surface area (Å²) in [5.74, 6) is 0.157. The molecule has 0 radical (unpaired) electrons. The van der Waals surface area contributed by atoms with Gasteiger partial charge in [0.15, 0.2) is 0 Å². The average Bonchev–Trinajstić information content (AvgIpc) is 2.52. The topological polar surface area (TPSA) is 62.1 Å². The Morgan fingerprint density at radius 3 is 2.52 bits per heavy atom. The van der Waals surface area contributed by atoms with Gasteiger partial charge in [0.1, 0.15) is 11.8 Å². The molecular formula is C17H17F3N4O. The van der Waals surface area contributed by atoms with Gasteiger partial charge < -0.3 is 10.0 Å². The molecular weight excluding hydrogens is 333 g/mol. The van der Waals surface area contributed by atoms with Crippen LogP contribution in [0.5, 0.6) is 0 Å². The molecule has 1 spiro atoms. The number of halogens is 3. The first-order valence-corrected chi connectivity index (χ1v) is 8.10. The Balaban J connectivity index is 1.33. The second-order valence-corrected chi connectivity index (χ2v) is 7.02. The Morgan fingerprint density at radius 1 is 1.20 bits per heavy atom. The number of pyridine rings is 1. The summed E-state index contributed by atoms with van der Waals surface area (Å²) in [6.45, 7) is 1.56. The van der Waals surface area contributed by atoms with Crippen molar-refractivity contribution >= 4 is 5.69 Å². The van der Waals surface area contributed by atoms with Gasteiger partial charge in [-0.1, -0.05) is 0 Å². The Kier molecular flexibility index (Phi) is 3.68. The zero-order chi connectivity index (χ0) is 17.7. The standard InChI is InChI=1S/C17H17F3N4O/c18-17(19,20)14-4-3-12(8-21-14)24-9-16(10-24)6-11(7-16)15(25)13-2-1-5-22-23-13/h1-5,8,11,15,25H,6-7,9-10H2. The van der Waals surface area contributed by atoms with Crippen LogP contribution in [-0.4, -0.2) is 33.4 Å². The summed E-state index contributed by atoms with van der Waals surface area (Å²) in [5.41, 5.74) is 0.570. The number of hydrogen-bond donors (Lipinski definition) is 1. The summed E-state index contributed by atoms with van der Waals surface area (Å²) in [4.78, 5) is 5.53. The molecule has 0 amide bonds. The molecule has 1 atom stereocenters. The highest BCUT2D eigenvalue weighted by atomic mass is 19.4. The number of alkyl halides is 3. The van der Waals surface area contributed by atoms with Gasteiger partial charge in [0.05, 0.1) is 17.6 Å². The second kappa shape index (κ2) is 5.66. The molecule has 2 fully saturated rings. The zero-order valence-electron chi connectivity index (χ0n) is 13.3. The van der Waals surface area contributed by atoms with Gasteiger partial charge in [-0.25, -0.2) is 4.98 Å². The van der Waals surface area contributed by atoms with Crippen LogP contribution >= 0.6 is 0 Å². The first kappa shape index (κ1) is 16.3. The van der Waals surface area contributed by atoms with Gasteiger partial charge in [0, 0.05) is 24.7 Å². The molecule has 2 aromatic heterocycles. The van der Waals surface area contributed by atoms with E-state index in [0.717, 1.165) is 32.0 Å². The summed E-state index contributed by atoms with van der Waals surface area (Å²) >= 11 is 0. The number of aliphatic hydroxyl groups is 1. The maximum Gasteiger partial charge on any atom is 0.433 e. The van der Waals surface area contributed by atoms with E-state index < -0.39 is 18.0 Å². The zero-order valence-corrected chi connectivity index (χ0v) is 13.3. The lowest BCUT2D eigenvalue weighted by atomic mass is 9.56. The summed E-state index contributed by atoms with van der Waals surface area (Å²) < 4.78 is 37.7. The fourth-order valence-corrected chi connectivity index (χ4v) is 3.93. The fourth-order valence-electron chi connectivity index (χ4n) is 3.93. The molecule has 1 aliphatic carbocycles. The summed E-state index contributed by atoms with van der Waals surface area (Å²) in [7, 11) is 0. The molecule has 1 aliphatic heterocycles. The molecule has 1 N–H and O–H groups in total. The van der Waals surface area contributed by atoms with Crippen molar-refractivity contribution in [3.63, 3.8) is 0 Å². The summed E-state index contributed by atoms with van der Waals surface area (Å²) in [5, 5.41) is 18.1. The molecule has 4 rings (SSSR count). The van der Waals surface area contributed by atoms with Crippen LogP contribution in [0.15, 0.2) is 36.7 Å². The molecule has 2 aliphatic rings. The van der Waals surface area contributed by atoms with E-state index in [-0.39, 0.29) is 11.3 Å². The van der Waals surface area contributed by atoms with E-state index in [2.05, 4.69) is 15.2 Å². The van der Waals surface area contributed by atoms with Crippen molar-refractivity contribution in [2.75, 3.05) is 18.0 Å². The minimum atomic E-state index is -4.41. The van der Waals surface area contributed by atoms with Gasteiger partial charge >= 0.3 is 6.18 Å². The SMILES string of the molecule is OC(c1cccnn1)C1CC2(C1)CN(c1ccc(C(F)(F)F)nc1)C2. The maximum absolute atomic E-state index is 12.6. The Bertz CT molecular complexity index is 737. The van der Waals surface area contributed by atoms with E-state index in [1.54, 1.807) is 18.3 Å². The third kappa shape index (κ3) is 2.95. The van der Waals surface area contributed by atoms with Crippen molar-refractivity contribution in [3.8, 4) is 0 Å². The largest absolute Gasteiger partial charge is 0.433 e. The van der Waals surface area contributed by atoms with Crippen LogP contribution in [0, 0.1) is 11.3 Å². The molecule has 25 heavy (non-hydrogen) atoms. The molecule has 3 heterocycles. The molecule has 1 saturated carbocycles. The minimum absolute atomic E-state index is 0.149. The van der Waals surface area contributed by atoms with Crippen LogP contribution in [0.3, 0.4) is 0 Å². The van der Waals surface area contributed by atoms with Crippen LogP contribution in [0.1, 0.15) is 30.3 Å². The van der Waals surface area contributed by atoms with Gasteiger partial charge in [0.25, 0.3) is 0 Å². The third-order valence-electron chi connectivity index (χ3n) is 5.19. The predicted octanol–water partition coefficient (Wildman–Crippen LogP) is 2.84. The van der Waals surface area contributed by atoms with E-state index in [0.29, 0.717) is 11.4 Å². The molecule has 2 aromatic rings. The first-order valence-electron chi connectivity index (χ1n) is 8.10. The Hall–Kier alpha value is -2.22. The molecule has 0 aromatic carbocycles. The first-order chi connectivity index (χ1) is 11.9. The monoisotopic (exact) mass is 350 g/mol. The van der Waals surface area contributed by atoms with Crippen molar-refractivity contribution in [1.29, 1.82) is 0 Å². The Labute approximate surface area is 142 Å². The number of aromatic nitrogens is 3. The summed E-state index contributed by atoms with van der Waals surface area (Å²) in [6, 6.07) is 6.00. The highest BCUT2D eigenvalue weighted by molar-refractivity contribution is 5.49. The van der Waals surface area contributed by atoms with Crippen LogP contribution in [0.25, 0.3) is 0 Å². The van der Waals surface area contributed by atoms with E-state index in [4.69, 9.17) is 0 Å². The van der Waals surface area contributed by atoms with Gasteiger partial charge in [-0.05, 0) is 43.0 Å². The van der Waals surface area contributed by atoms with E-state index in [9.17, 15) is 18.3 Å². The number of hydrogen-bond acceptors (Lipinski definition) is 5. The second-order valence-electron chi connectivity index (χ2n) is 7.02. The van der Waals surface area contributed by atoms with Crippen molar-refractivity contribution in [2.24, 2.45) is 11.3 Å². The quantitative estimate of drug-likeness (QED) is 0.922. The Morgan fingerprint density at radius 2 is 1.96 bits per heavy atom. The van der Waals surface area contributed by atoms with Crippen LogP contribution in [0.4, 0.5) is 18.9 Å². The molecule has 8 heteroatoms. The van der Waals surface area contributed by atoms with Crippen molar-refractivity contribution < 1.29 is 18.3 Å². The maximum atomic E-state index is 12.6. The van der Waals surface area contributed by atoms with Crippen molar-refractivity contribution in [2.45, 2.75) is 25.1 Å². The fraction of sp³-hybridized carbons (Fsp3) is 0.471. The predicted molar refractivity (Wildman–Crippen MR) is 83.6 cm³/mol. The smallest absolute Gasteiger partial charge is 0.386 e. The number of anilines is 1. The summed E-state index contributed by atoms with van der Waals surface area (Å²) in [6.07, 6.45) is -0.404. The van der Waals surface area contributed by atoms with Gasteiger partial charge in [-0.3, -0.25) is 0 Å². The highest BCUT2D eigenvalue weighted by Gasteiger charge is 2.54. The van der Waals surface area contributed by atoms with Crippen molar-refractivity contribution in [3.05, 3.63) is 48.0 Å². The average molecular weight is 350 g/mol. The molecule has 132 valence electrons. The minimum Gasteiger partial charge on any atom is -0.386 e. The number of nitrogens with zero attached hydrogens (tertiary/aromatic N) is 4. The van der Waals surface area contributed by atoms with E-state index in [1.165, 1.54) is 12.3 Å². The van der Waals surface area contributed by atoms with Gasteiger partial charge in [-0.15, -0.1) is 0 Å². The number of rotatable bonds is 3. The molecule has 0 bridgehead atoms. The lowest BCUT2D eigenvalue weighted by Gasteiger charge is -2.60. The van der Waals surface area contributed by atoms with Crippen LogP contribution < -0.4 is 4.90 Å². The lowest BCUT2D eigenvalue weighted by molar-refractivity contribution is -0.141. The normalized spacial score (nSPS) is 20.9.